The van der Waals surface area contributed by atoms with Gasteiger partial charge in [-0.3, -0.25) is 14.2 Å². The molecule has 1 heterocycles. The number of ether oxygens (including phenoxy) is 1. The van der Waals surface area contributed by atoms with Crippen LogP contribution in [-0.2, 0) is 24.2 Å². The lowest BCUT2D eigenvalue weighted by Gasteiger charge is -2.18. The Hall–Kier alpha value is -4.49. The standard InChI is InChI=1S/C34H31NO5S/c36-32(26-11-5-2-6-12-26)27-16-19-30-31(23-27)41-34(39)35(30)20-21-40-29-17-14-25(15-18-29)22-28(33(37)38)13-7-10-24-8-3-1-4-9-24/h1-6,8-9,11-12,14-19,23,28H,7,10,13,20-22H2,(H,37,38)/p-1. The van der Waals surface area contributed by atoms with Gasteiger partial charge in [0.15, 0.2) is 5.78 Å². The minimum absolute atomic E-state index is 0.0789. The molecule has 0 spiro atoms. The normalized spacial score (nSPS) is 11.8. The summed E-state index contributed by atoms with van der Waals surface area (Å²) in [6.45, 7) is 0.650. The van der Waals surface area contributed by atoms with Gasteiger partial charge in [-0.05, 0) is 67.1 Å². The summed E-state index contributed by atoms with van der Waals surface area (Å²) in [5.74, 6) is -1.01. The molecule has 0 N–H and O–H groups in total. The Morgan fingerprint density at radius 3 is 2.24 bits per heavy atom. The average Bonchev–Trinajstić information content (AvgIpc) is 3.31. The summed E-state index contributed by atoms with van der Waals surface area (Å²) in [7, 11) is 0. The van der Waals surface area contributed by atoms with Gasteiger partial charge >= 0.3 is 4.87 Å². The van der Waals surface area contributed by atoms with Crippen molar-refractivity contribution < 1.29 is 19.4 Å². The van der Waals surface area contributed by atoms with E-state index in [1.165, 1.54) is 5.56 Å². The van der Waals surface area contributed by atoms with Gasteiger partial charge in [-0.2, -0.15) is 0 Å². The molecule has 41 heavy (non-hydrogen) atoms. The Balaban J connectivity index is 1.15. The first-order chi connectivity index (χ1) is 20.0. The Kier molecular flexibility index (Phi) is 9.06. The first-order valence-corrected chi connectivity index (χ1v) is 14.5. The van der Waals surface area contributed by atoms with Crippen LogP contribution in [0.4, 0.5) is 0 Å². The molecule has 0 bridgehead atoms. The number of ketones is 1. The number of aliphatic carboxylic acids is 1. The fourth-order valence-corrected chi connectivity index (χ4v) is 5.89. The Labute approximate surface area is 242 Å². The molecular formula is C34H30NO5S-. The zero-order chi connectivity index (χ0) is 28.6. The maximum atomic E-state index is 12.8. The molecule has 1 aromatic heterocycles. The molecule has 0 aliphatic heterocycles. The Morgan fingerprint density at radius 2 is 1.54 bits per heavy atom. The van der Waals surface area contributed by atoms with E-state index in [2.05, 4.69) is 12.1 Å². The van der Waals surface area contributed by atoms with Gasteiger partial charge in [0.2, 0.25) is 0 Å². The summed E-state index contributed by atoms with van der Waals surface area (Å²) in [4.78, 5) is 37.1. The number of aromatic nitrogens is 1. The molecule has 4 aromatic carbocycles. The lowest BCUT2D eigenvalue weighted by molar-refractivity contribution is -0.311. The summed E-state index contributed by atoms with van der Waals surface area (Å²) in [6, 6.07) is 31.8. The van der Waals surface area contributed by atoms with Crippen molar-refractivity contribution in [3.63, 3.8) is 0 Å². The van der Waals surface area contributed by atoms with Crippen LogP contribution in [0.3, 0.4) is 0 Å². The summed E-state index contributed by atoms with van der Waals surface area (Å²) < 4.78 is 8.30. The van der Waals surface area contributed by atoms with E-state index >= 15 is 0 Å². The molecular weight excluding hydrogens is 534 g/mol. The predicted octanol–water partition coefficient (Wildman–Crippen LogP) is 5.30. The van der Waals surface area contributed by atoms with E-state index in [4.69, 9.17) is 4.74 Å². The molecule has 5 aromatic rings. The van der Waals surface area contributed by atoms with Crippen LogP contribution in [0.2, 0.25) is 0 Å². The molecule has 208 valence electrons. The number of nitrogens with zero attached hydrogens (tertiary/aromatic N) is 1. The third-order valence-electron chi connectivity index (χ3n) is 7.15. The molecule has 0 saturated carbocycles. The quantitative estimate of drug-likeness (QED) is 0.181. The van der Waals surface area contributed by atoms with Crippen LogP contribution in [0.1, 0.15) is 39.9 Å². The molecule has 0 fully saturated rings. The number of hydrogen-bond acceptors (Lipinski definition) is 6. The minimum atomic E-state index is -1.02. The van der Waals surface area contributed by atoms with Crippen molar-refractivity contribution in [2.75, 3.05) is 6.61 Å². The van der Waals surface area contributed by atoms with Crippen LogP contribution in [0, 0.1) is 5.92 Å². The number of hydrogen-bond donors (Lipinski definition) is 0. The maximum absolute atomic E-state index is 12.8. The van der Waals surface area contributed by atoms with Gasteiger partial charge in [0, 0.05) is 23.0 Å². The number of benzene rings is 4. The van der Waals surface area contributed by atoms with Crippen LogP contribution in [0.25, 0.3) is 10.2 Å². The van der Waals surface area contributed by atoms with Gasteiger partial charge in [0.25, 0.3) is 0 Å². The highest BCUT2D eigenvalue weighted by Gasteiger charge is 2.14. The molecule has 0 radical (unpaired) electrons. The van der Waals surface area contributed by atoms with Crippen LogP contribution in [0.5, 0.6) is 5.75 Å². The maximum Gasteiger partial charge on any atom is 0.308 e. The van der Waals surface area contributed by atoms with Gasteiger partial charge in [0.1, 0.15) is 12.4 Å². The van der Waals surface area contributed by atoms with E-state index in [1.807, 2.05) is 66.7 Å². The smallest absolute Gasteiger partial charge is 0.308 e. The number of carbonyl (C=O) groups excluding carboxylic acids is 2. The van der Waals surface area contributed by atoms with E-state index in [9.17, 15) is 19.5 Å². The van der Waals surface area contributed by atoms with E-state index < -0.39 is 11.9 Å². The van der Waals surface area contributed by atoms with Gasteiger partial charge < -0.3 is 14.6 Å². The van der Waals surface area contributed by atoms with Crippen LogP contribution in [-0.4, -0.2) is 22.9 Å². The van der Waals surface area contributed by atoms with Crippen molar-refractivity contribution >= 4 is 33.3 Å². The first-order valence-electron chi connectivity index (χ1n) is 13.7. The van der Waals surface area contributed by atoms with Crippen molar-refractivity contribution in [2.45, 2.75) is 32.2 Å². The molecule has 1 atom stereocenters. The molecule has 0 aliphatic carbocycles. The van der Waals surface area contributed by atoms with Gasteiger partial charge in [0.05, 0.1) is 16.8 Å². The highest BCUT2D eigenvalue weighted by atomic mass is 32.1. The van der Waals surface area contributed by atoms with Crippen molar-refractivity contribution in [1.82, 2.24) is 4.57 Å². The monoisotopic (exact) mass is 564 g/mol. The second-order valence-corrected chi connectivity index (χ2v) is 11.0. The van der Waals surface area contributed by atoms with Crippen molar-refractivity contribution in [3.05, 3.63) is 135 Å². The fourth-order valence-electron chi connectivity index (χ4n) is 4.94. The second kappa shape index (κ2) is 13.2. The van der Waals surface area contributed by atoms with Crippen LogP contribution >= 0.6 is 11.3 Å². The highest BCUT2D eigenvalue weighted by molar-refractivity contribution is 7.16. The topological polar surface area (TPSA) is 88.4 Å². The third-order valence-corrected chi connectivity index (χ3v) is 8.09. The molecule has 0 saturated heterocycles. The van der Waals surface area contributed by atoms with Crippen molar-refractivity contribution in [1.29, 1.82) is 0 Å². The molecule has 7 heteroatoms. The fraction of sp³-hybridized carbons (Fsp3) is 0.206. The molecule has 0 aliphatic rings. The number of aryl methyl sites for hydroxylation is 1. The summed E-state index contributed by atoms with van der Waals surface area (Å²) >= 11 is 1.11. The van der Waals surface area contributed by atoms with Gasteiger partial charge in [-0.15, -0.1) is 0 Å². The molecule has 6 nitrogen and oxygen atoms in total. The number of fused-ring (bicyclic) bond motifs is 1. The predicted molar refractivity (Wildman–Crippen MR) is 159 cm³/mol. The summed E-state index contributed by atoms with van der Waals surface area (Å²) in [5, 5.41) is 11.7. The SMILES string of the molecule is O=C(c1ccccc1)c1ccc2c(c1)sc(=O)n2CCOc1ccc(CC(CCCc2ccccc2)C(=O)[O-])cc1. The molecule has 0 amide bonds. The largest absolute Gasteiger partial charge is 0.550 e. The van der Waals surface area contributed by atoms with Crippen molar-refractivity contribution in [3.8, 4) is 5.75 Å². The second-order valence-electron chi connectivity index (χ2n) is 9.99. The Morgan fingerprint density at radius 1 is 0.829 bits per heavy atom. The van der Waals surface area contributed by atoms with E-state index in [0.29, 0.717) is 36.3 Å². The number of carboxylic acids is 1. The average molecular weight is 565 g/mol. The number of carbonyl (C=O) groups is 2. The lowest BCUT2D eigenvalue weighted by Crippen LogP contribution is -2.32. The molecule has 5 rings (SSSR count). The first kappa shape index (κ1) is 28.1. The highest BCUT2D eigenvalue weighted by Crippen LogP contribution is 2.22. The zero-order valence-corrected chi connectivity index (χ0v) is 23.3. The van der Waals surface area contributed by atoms with Crippen molar-refractivity contribution in [2.24, 2.45) is 5.92 Å². The number of rotatable bonds is 13. The Bertz CT molecular complexity index is 1670. The van der Waals surface area contributed by atoms with E-state index in [-0.39, 0.29) is 17.3 Å². The van der Waals surface area contributed by atoms with Gasteiger partial charge in [-0.1, -0.05) is 84.1 Å². The van der Waals surface area contributed by atoms with E-state index in [1.54, 1.807) is 28.8 Å². The minimum Gasteiger partial charge on any atom is -0.550 e. The number of carboxylic acid groups (broad SMARTS) is 1. The third kappa shape index (κ3) is 7.18. The number of thiazole rings is 1. The van der Waals surface area contributed by atoms with Crippen LogP contribution < -0.4 is 14.7 Å². The molecule has 1 unspecified atom stereocenters. The lowest BCUT2D eigenvalue weighted by atomic mass is 9.93. The zero-order valence-electron chi connectivity index (χ0n) is 22.5. The van der Waals surface area contributed by atoms with Crippen LogP contribution in [0.15, 0.2) is 108 Å². The summed E-state index contributed by atoms with van der Waals surface area (Å²) in [5.41, 5.74) is 4.03. The summed E-state index contributed by atoms with van der Waals surface area (Å²) in [6.07, 6.45) is 2.58. The van der Waals surface area contributed by atoms with E-state index in [0.717, 1.165) is 40.0 Å². The van der Waals surface area contributed by atoms with Gasteiger partial charge in [-0.25, -0.2) is 0 Å².